The van der Waals surface area contributed by atoms with E-state index in [1.807, 2.05) is 31.5 Å². The highest BCUT2D eigenvalue weighted by molar-refractivity contribution is 6.31. The first kappa shape index (κ1) is 14.8. The number of fused-ring (bicyclic) bond motifs is 1. The summed E-state index contributed by atoms with van der Waals surface area (Å²) in [6, 6.07) is 4.89. The minimum absolute atomic E-state index is 0.124. The van der Waals surface area contributed by atoms with E-state index in [0.29, 0.717) is 11.0 Å². The van der Waals surface area contributed by atoms with Crippen LogP contribution < -0.4 is 11.1 Å². The van der Waals surface area contributed by atoms with Crippen molar-refractivity contribution in [1.82, 2.24) is 9.55 Å². The number of nitrogens with one attached hydrogen (secondary N) is 1. The predicted octanol–water partition coefficient (Wildman–Crippen LogP) is 2.54. The lowest BCUT2D eigenvalue weighted by Crippen LogP contribution is -2.41. The molecule has 0 saturated carbocycles. The van der Waals surface area contributed by atoms with Gasteiger partial charge in [-0.3, -0.25) is 10.1 Å². The molecule has 1 aromatic carbocycles. The number of nitrogens with zero attached hydrogens (tertiary/aromatic N) is 2. The van der Waals surface area contributed by atoms with Crippen LogP contribution in [0.15, 0.2) is 18.2 Å². The molecule has 0 spiro atoms. The number of aryl methyl sites for hydroxylation is 1. The smallest absolute Gasteiger partial charge is 0.243 e. The summed E-state index contributed by atoms with van der Waals surface area (Å²) in [7, 11) is 1.84. The number of rotatable bonds is 4. The van der Waals surface area contributed by atoms with Gasteiger partial charge < -0.3 is 10.3 Å². The maximum Gasteiger partial charge on any atom is 0.243 e. The summed E-state index contributed by atoms with van der Waals surface area (Å²) in [5.41, 5.74) is 7.56. The number of anilines is 1. The molecule has 2 unspecified atom stereocenters. The first-order valence-electron chi connectivity index (χ1n) is 6.62. The van der Waals surface area contributed by atoms with Crippen molar-refractivity contribution in [3.05, 3.63) is 23.2 Å². The zero-order chi connectivity index (χ0) is 14.9. The van der Waals surface area contributed by atoms with Gasteiger partial charge in [0.25, 0.3) is 0 Å². The Morgan fingerprint density at radius 3 is 2.90 bits per heavy atom. The van der Waals surface area contributed by atoms with Crippen LogP contribution in [0.25, 0.3) is 11.0 Å². The fourth-order valence-electron chi connectivity index (χ4n) is 1.99. The molecule has 0 aliphatic carbocycles. The second kappa shape index (κ2) is 5.81. The van der Waals surface area contributed by atoms with Gasteiger partial charge in [0.05, 0.1) is 17.1 Å². The lowest BCUT2D eigenvalue weighted by Gasteiger charge is -2.17. The maximum absolute atomic E-state index is 12.1. The van der Waals surface area contributed by atoms with Crippen LogP contribution in [0.2, 0.25) is 5.02 Å². The average molecular weight is 295 g/mol. The number of carbonyl (C=O) groups is 1. The summed E-state index contributed by atoms with van der Waals surface area (Å²) < 4.78 is 1.81. The molecule has 1 amide bonds. The van der Waals surface area contributed by atoms with Crippen molar-refractivity contribution in [2.24, 2.45) is 18.7 Å². The molecule has 5 nitrogen and oxygen atoms in total. The van der Waals surface area contributed by atoms with E-state index in [9.17, 15) is 4.79 Å². The number of halogens is 1. The molecule has 0 radical (unpaired) electrons. The van der Waals surface area contributed by atoms with Gasteiger partial charge in [-0.15, -0.1) is 0 Å². The van der Waals surface area contributed by atoms with Crippen LogP contribution in [0, 0.1) is 5.92 Å². The maximum atomic E-state index is 12.1. The second-order valence-electron chi connectivity index (χ2n) is 5.03. The van der Waals surface area contributed by atoms with Crippen molar-refractivity contribution in [3.63, 3.8) is 0 Å². The quantitative estimate of drug-likeness (QED) is 0.910. The van der Waals surface area contributed by atoms with Crippen LogP contribution in [-0.4, -0.2) is 21.5 Å². The lowest BCUT2D eigenvalue weighted by molar-refractivity contribution is -0.118. The van der Waals surface area contributed by atoms with Gasteiger partial charge >= 0.3 is 0 Å². The van der Waals surface area contributed by atoms with Crippen molar-refractivity contribution >= 4 is 34.5 Å². The molecule has 0 aliphatic heterocycles. The van der Waals surface area contributed by atoms with Crippen molar-refractivity contribution in [1.29, 1.82) is 0 Å². The normalized spacial score (nSPS) is 14.2. The Kier molecular flexibility index (Phi) is 4.30. The summed E-state index contributed by atoms with van der Waals surface area (Å²) in [6.07, 6.45) is 0.854. The summed E-state index contributed by atoms with van der Waals surface area (Å²) in [4.78, 5) is 16.5. The van der Waals surface area contributed by atoms with Gasteiger partial charge in [0.1, 0.15) is 0 Å². The van der Waals surface area contributed by atoms with Crippen molar-refractivity contribution in [3.8, 4) is 0 Å². The van der Waals surface area contributed by atoms with E-state index in [1.165, 1.54) is 0 Å². The van der Waals surface area contributed by atoms with Gasteiger partial charge in [0, 0.05) is 12.1 Å². The number of carbonyl (C=O) groups excluding carboxylic acids is 1. The summed E-state index contributed by atoms with van der Waals surface area (Å²) in [5, 5.41) is 3.39. The van der Waals surface area contributed by atoms with Gasteiger partial charge in [0.2, 0.25) is 11.9 Å². The Morgan fingerprint density at radius 1 is 1.55 bits per heavy atom. The molecule has 1 heterocycles. The van der Waals surface area contributed by atoms with Crippen LogP contribution in [0.1, 0.15) is 20.3 Å². The molecule has 0 aliphatic rings. The number of imidazole rings is 1. The number of nitrogens with two attached hydrogens (primary N) is 1. The van der Waals surface area contributed by atoms with E-state index in [1.54, 1.807) is 12.1 Å². The minimum Gasteiger partial charge on any atom is -0.320 e. The Labute approximate surface area is 123 Å². The Balaban J connectivity index is 2.26. The van der Waals surface area contributed by atoms with E-state index in [-0.39, 0.29) is 11.8 Å². The van der Waals surface area contributed by atoms with Crippen LogP contribution in [0.5, 0.6) is 0 Å². The van der Waals surface area contributed by atoms with Crippen molar-refractivity contribution in [2.75, 3.05) is 5.32 Å². The molecule has 2 aromatic rings. The van der Waals surface area contributed by atoms with Gasteiger partial charge in [-0.05, 0) is 24.1 Å². The van der Waals surface area contributed by atoms with Crippen LogP contribution in [0.3, 0.4) is 0 Å². The number of hydrogen-bond acceptors (Lipinski definition) is 3. The molecule has 2 atom stereocenters. The number of amides is 1. The Morgan fingerprint density at radius 2 is 2.25 bits per heavy atom. The van der Waals surface area contributed by atoms with Gasteiger partial charge in [-0.2, -0.15) is 0 Å². The Hall–Kier alpha value is -1.59. The molecule has 0 saturated heterocycles. The molecule has 3 N–H and O–H groups in total. The molecule has 108 valence electrons. The van der Waals surface area contributed by atoms with E-state index < -0.39 is 6.04 Å². The highest BCUT2D eigenvalue weighted by Crippen LogP contribution is 2.22. The molecule has 0 fully saturated rings. The second-order valence-corrected chi connectivity index (χ2v) is 5.46. The fraction of sp³-hybridized carbons (Fsp3) is 0.429. The average Bonchev–Trinajstić information content (AvgIpc) is 2.72. The molecule has 2 rings (SSSR count). The molecule has 6 heteroatoms. The van der Waals surface area contributed by atoms with Crippen LogP contribution in [-0.2, 0) is 11.8 Å². The third-order valence-electron chi connectivity index (χ3n) is 3.64. The standard InChI is InChI=1S/C14H19ClN4O/c1-4-8(2)12(16)13(20)18-14-17-10-7-9(15)5-6-11(10)19(14)3/h5-8,12H,4,16H2,1-3H3,(H,17,18,20). The van der Waals surface area contributed by atoms with E-state index in [2.05, 4.69) is 10.3 Å². The van der Waals surface area contributed by atoms with Crippen molar-refractivity contribution in [2.45, 2.75) is 26.3 Å². The number of benzene rings is 1. The molecular formula is C14H19ClN4O. The molecule has 1 aromatic heterocycles. The fourth-order valence-corrected chi connectivity index (χ4v) is 2.16. The third kappa shape index (κ3) is 2.78. The Bertz CT molecular complexity index is 637. The summed E-state index contributed by atoms with van der Waals surface area (Å²) in [5.74, 6) is 0.383. The first-order valence-corrected chi connectivity index (χ1v) is 7.00. The zero-order valence-corrected chi connectivity index (χ0v) is 12.6. The van der Waals surface area contributed by atoms with E-state index >= 15 is 0 Å². The minimum atomic E-state index is -0.539. The topological polar surface area (TPSA) is 72.9 Å². The summed E-state index contributed by atoms with van der Waals surface area (Å²) >= 11 is 5.94. The number of aromatic nitrogens is 2. The van der Waals surface area contributed by atoms with Gasteiger partial charge in [-0.1, -0.05) is 31.9 Å². The monoisotopic (exact) mass is 294 g/mol. The van der Waals surface area contributed by atoms with Crippen LogP contribution in [0.4, 0.5) is 5.95 Å². The third-order valence-corrected chi connectivity index (χ3v) is 3.87. The largest absolute Gasteiger partial charge is 0.320 e. The van der Waals surface area contributed by atoms with Crippen LogP contribution >= 0.6 is 11.6 Å². The molecule has 20 heavy (non-hydrogen) atoms. The van der Waals surface area contributed by atoms with Gasteiger partial charge in [-0.25, -0.2) is 4.98 Å². The number of hydrogen-bond donors (Lipinski definition) is 2. The van der Waals surface area contributed by atoms with E-state index in [0.717, 1.165) is 17.5 Å². The van der Waals surface area contributed by atoms with Gasteiger partial charge in [0.15, 0.2) is 0 Å². The van der Waals surface area contributed by atoms with Crippen molar-refractivity contribution < 1.29 is 4.79 Å². The predicted molar refractivity (Wildman–Crippen MR) is 81.8 cm³/mol. The highest BCUT2D eigenvalue weighted by atomic mass is 35.5. The molecule has 0 bridgehead atoms. The highest BCUT2D eigenvalue weighted by Gasteiger charge is 2.21. The van der Waals surface area contributed by atoms with E-state index in [4.69, 9.17) is 17.3 Å². The lowest BCUT2D eigenvalue weighted by atomic mass is 10.00. The SMILES string of the molecule is CCC(C)C(N)C(=O)Nc1nc2cc(Cl)ccc2n1C. The molecular weight excluding hydrogens is 276 g/mol. The zero-order valence-electron chi connectivity index (χ0n) is 11.9. The summed E-state index contributed by atoms with van der Waals surface area (Å²) in [6.45, 7) is 3.97. The first-order chi connectivity index (χ1) is 9.43.